The van der Waals surface area contributed by atoms with Gasteiger partial charge in [0.1, 0.15) is 5.75 Å². The van der Waals surface area contributed by atoms with Crippen LogP contribution < -0.4 is 10.5 Å². The molecule has 4 heteroatoms. The molecule has 0 aliphatic rings. The molecule has 22 heavy (non-hydrogen) atoms. The lowest BCUT2D eigenvalue weighted by Gasteiger charge is -2.18. The Balaban J connectivity index is 2.25. The van der Waals surface area contributed by atoms with Gasteiger partial charge in [-0.3, -0.25) is 0 Å². The van der Waals surface area contributed by atoms with Gasteiger partial charge in [-0.1, -0.05) is 47.5 Å². The quantitative estimate of drug-likeness (QED) is 0.806. The summed E-state index contributed by atoms with van der Waals surface area (Å²) in [6, 6.07) is 11.9. The molecule has 0 saturated carbocycles. The molecular weight excluding hydrogens is 317 g/mol. The van der Waals surface area contributed by atoms with E-state index in [0.717, 1.165) is 23.3 Å². The summed E-state index contributed by atoms with van der Waals surface area (Å²) < 4.78 is 5.59. The minimum atomic E-state index is 0.199. The Morgan fingerprint density at radius 3 is 2.59 bits per heavy atom. The number of rotatable bonds is 6. The molecule has 2 nitrogen and oxygen atoms in total. The van der Waals surface area contributed by atoms with E-state index < -0.39 is 0 Å². The van der Waals surface area contributed by atoms with E-state index in [1.54, 1.807) is 6.07 Å². The third-order valence-electron chi connectivity index (χ3n) is 3.75. The molecule has 0 heterocycles. The van der Waals surface area contributed by atoms with Crippen molar-refractivity contribution in [3.8, 4) is 5.75 Å². The highest BCUT2D eigenvalue weighted by molar-refractivity contribution is 6.42. The van der Waals surface area contributed by atoms with Crippen molar-refractivity contribution >= 4 is 23.2 Å². The van der Waals surface area contributed by atoms with Gasteiger partial charge in [0.25, 0.3) is 0 Å². The van der Waals surface area contributed by atoms with Gasteiger partial charge in [0.15, 0.2) is 0 Å². The fourth-order valence-corrected chi connectivity index (χ4v) is 2.95. The Kier molecular flexibility index (Phi) is 6.13. The van der Waals surface area contributed by atoms with E-state index in [-0.39, 0.29) is 5.92 Å². The standard InChI is InChI=1S/C18H21Cl2NO/c1-3-22-17-8-7-13(9-12(17)2)15(11-21)10-14-5-4-6-16(19)18(14)20/h4-9,15H,3,10-11,21H2,1-2H3. The van der Waals surface area contributed by atoms with Crippen molar-refractivity contribution < 1.29 is 4.74 Å². The second-order valence-electron chi connectivity index (χ2n) is 5.31. The van der Waals surface area contributed by atoms with Gasteiger partial charge in [0.05, 0.1) is 16.7 Å². The largest absolute Gasteiger partial charge is 0.494 e. The second kappa shape index (κ2) is 7.87. The number of ether oxygens (including phenoxy) is 1. The highest BCUT2D eigenvalue weighted by Gasteiger charge is 2.15. The van der Waals surface area contributed by atoms with Gasteiger partial charge < -0.3 is 10.5 Å². The van der Waals surface area contributed by atoms with Gasteiger partial charge in [-0.25, -0.2) is 0 Å². The molecule has 0 spiro atoms. The maximum atomic E-state index is 6.29. The van der Waals surface area contributed by atoms with E-state index in [1.165, 1.54) is 5.56 Å². The fourth-order valence-electron chi connectivity index (χ4n) is 2.55. The van der Waals surface area contributed by atoms with Crippen LogP contribution >= 0.6 is 23.2 Å². The Hall–Kier alpha value is -1.22. The van der Waals surface area contributed by atoms with Crippen molar-refractivity contribution in [1.82, 2.24) is 0 Å². The average molecular weight is 338 g/mol. The maximum absolute atomic E-state index is 6.29. The Labute approximate surface area is 142 Å². The lowest BCUT2D eigenvalue weighted by molar-refractivity contribution is 0.337. The molecule has 0 aliphatic heterocycles. The van der Waals surface area contributed by atoms with Crippen LogP contribution in [-0.2, 0) is 6.42 Å². The van der Waals surface area contributed by atoms with Crippen molar-refractivity contribution in [2.24, 2.45) is 5.73 Å². The van der Waals surface area contributed by atoms with Crippen molar-refractivity contribution in [1.29, 1.82) is 0 Å². The minimum absolute atomic E-state index is 0.199. The van der Waals surface area contributed by atoms with E-state index in [1.807, 2.05) is 25.1 Å². The molecule has 1 atom stereocenters. The van der Waals surface area contributed by atoms with Crippen LogP contribution in [-0.4, -0.2) is 13.2 Å². The number of benzene rings is 2. The first-order valence-electron chi connectivity index (χ1n) is 7.43. The lowest BCUT2D eigenvalue weighted by atomic mass is 9.91. The van der Waals surface area contributed by atoms with Gasteiger partial charge in [-0.2, -0.15) is 0 Å². The van der Waals surface area contributed by atoms with Crippen molar-refractivity contribution in [2.75, 3.05) is 13.2 Å². The average Bonchev–Trinajstić information content (AvgIpc) is 2.51. The molecule has 2 rings (SSSR count). The zero-order valence-corrected chi connectivity index (χ0v) is 14.4. The minimum Gasteiger partial charge on any atom is -0.494 e. The molecule has 0 amide bonds. The van der Waals surface area contributed by atoms with Crippen LogP contribution in [0.3, 0.4) is 0 Å². The number of hydrogen-bond donors (Lipinski definition) is 1. The van der Waals surface area contributed by atoms with Gasteiger partial charge in [0, 0.05) is 5.92 Å². The van der Waals surface area contributed by atoms with Crippen LogP contribution in [0.15, 0.2) is 36.4 Å². The summed E-state index contributed by atoms with van der Waals surface area (Å²) in [6.07, 6.45) is 0.767. The monoisotopic (exact) mass is 337 g/mol. The molecule has 118 valence electrons. The molecule has 0 radical (unpaired) electrons. The van der Waals surface area contributed by atoms with Crippen molar-refractivity contribution in [2.45, 2.75) is 26.2 Å². The molecule has 0 fully saturated rings. The number of aryl methyl sites for hydroxylation is 1. The highest BCUT2D eigenvalue weighted by Crippen LogP contribution is 2.31. The predicted octanol–water partition coefficient (Wildman–Crippen LogP) is 4.99. The van der Waals surface area contributed by atoms with E-state index >= 15 is 0 Å². The molecule has 0 aliphatic carbocycles. The zero-order valence-electron chi connectivity index (χ0n) is 12.9. The lowest BCUT2D eigenvalue weighted by Crippen LogP contribution is -2.15. The molecule has 0 saturated heterocycles. The van der Waals surface area contributed by atoms with Crippen molar-refractivity contribution in [3.05, 3.63) is 63.1 Å². The number of halogens is 2. The van der Waals surface area contributed by atoms with Crippen LogP contribution in [0.5, 0.6) is 5.75 Å². The Bertz CT molecular complexity index is 643. The SMILES string of the molecule is CCOc1ccc(C(CN)Cc2cccc(Cl)c2Cl)cc1C. The third-order valence-corrected chi connectivity index (χ3v) is 4.61. The van der Waals surface area contributed by atoms with Crippen LogP contribution in [0, 0.1) is 6.92 Å². The van der Waals surface area contributed by atoms with Crippen LogP contribution in [0.4, 0.5) is 0 Å². The summed E-state index contributed by atoms with van der Waals surface area (Å²) in [4.78, 5) is 0. The Morgan fingerprint density at radius 2 is 1.95 bits per heavy atom. The molecule has 2 N–H and O–H groups in total. The zero-order chi connectivity index (χ0) is 16.1. The summed E-state index contributed by atoms with van der Waals surface area (Å²) in [5.41, 5.74) is 9.32. The second-order valence-corrected chi connectivity index (χ2v) is 6.09. The molecule has 0 bridgehead atoms. The fraction of sp³-hybridized carbons (Fsp3) is 0.333. The van der Waals surface area contributed by atoms with Gasteiger partial charge in [-0.15, -0.1) is 0 Å². The van der Waals surface area contributed by atoms with Crippen LogP contribution in [0.25, 0.3) is 0 Å². The number of nitrogens with two attached hydrogens (primary N) is 1. The van der Waals surface area contributed by atoms with E-state index in [4.69, 9.17) is 33.7 Å². The third kappa shape index (κ3) is 3.95. The molecule has 1 unspecified atom stereocenters. The molecule has 2 aromatic carbocycles. The maximum Gasteiger partial charge on any atom is 0.122 e. The first kappa shape index (κ1) is 17.1. The van der Waals surface area contributed by atoms with Gasteiger partial charge >= 0.3 is 0 Å². The summed E-state index contributed by atoms with van der Waals surface area (Å²) in [6.45, 7) is 5.25. The summed E-state index contributed by atoms with van der Waals surface area (Å²) >= 11 is 12.4. The molecular formula is C18H21Cl2NO. The predicted molar refractivity (Wildman–Crippen MR) is 94.3 cm³/mol. The number of hydrogen-bond acceptors (Lipinski definition) is 2. The van der Waals surface area contributed by atoms with Gasteiger partial charge in [-0.05, 0) is 55.6 Å². The van der Waals surface area contributed by atoms with E-state index in [0.29, 0.717) is 23.2 Å². The van der Waals surface area contributed by atoms with Gasteiger partial charge in [0.2, 0.25) is 0 Å². The van der Waals surface area contributed by atoms with E-state index in [9.17, 15) is 0 Å². The first-order valence-corrected chi connectivity index (χ1v) is 8.18. The summed E-state index contributed by atoms with van der Waals surface area (Å²) in [7, 11) is 0. The Morgan fingerprint density at radius 1 is 1.18 bits per heavy atom. The van der Waals surface area contributed by atoms with Crippen LogP contribution in [0.2, 0.25) is 10.0 Å². The first-order chi connectivity index (χ1) is 10.6. The van der Waals surface area contributed by atoms with Crippen LogP contribution in [0.1, 0.15) is 29.5 Å². The smallest absolute Gasteiger partial charge is 0.122 e. The topological polar surface area (TPSA) is 35.2 Å². The summed E-state index contributed by atoms with van der Waals surface area (Å²) in [5, 5.41) is 1.20. The van der Waals surface area contributed by atoms with Crippen molar-refractivity contribution in [3.63, 3.8) is 0 Å². The molecule has 2 aromatic rings. The highest BCUT2D eigenvalue weighted by atomic mass is 35.5. The normalized spacial score (nSPS) is 12.2. The summed E-state index contributed by atoms with van der Waals surface area (Å²) in [5.74, 6) is 1.12. The van der Waals surface area contributed by atoms with E-state index in [2.05, 4.69) is 19.1 Å². The molecule has 0 aromatic heterocycles.